The average molecular weight is 269 g/mol. The number of rotatable bonds is 4. The maximum absolute atomic E-state index is 12.3. The van der Waals surface area contributed by atoms with Crippen LogP contribution >= 0.6 is 0 Å². The molecular formula is C16H19N3O. The summed E-state index contributed by atoms with van der Waals surface area (Å²) in [5.41, 5.74) is 2.27. The first kappa shape index (κ1) is 12.9. The van der Waals surface area contributed by atoms with Crippen LogP contribution in [0.25, 0.3) is 0 Å². The van der Waals surface area contributed by atoms with Crippen LogP contribution in [0.5, 0.6) is 0 Å². The van der Waals surface area contributed by atoms with Gasteiger partial charge < -0.3 is 5.32 Å². The van der Waals surface area contributed by atoms with Crippen molar-refractivity contribution in [2.75, 3.05) is 5.32 Å². The molecule has 0 spiro atoms. The van der Waals surface area contributed by atoms with Gasteiger partial charge in [0.1, 0.15) is 5.82 Å². The van der Waals surface area contributed by atoms with Gasteiger partial charge in [0.05, 0.1) is 6.20 Å². The fourth-order valence-electron chi connectivity index (χ4n) is 2.64. The van der Waals surface area contributed by atoms with Crippen LogP contribution in [0.15, 0.2) is 36.5 Å². The Kier molecular flexibility index (Phi) is 3.30. The van der Waals surface area contributed by atoms with Crippen molar-refractivity contribution in [2.45, 2.75) is 32.7 Å². The topological polar surface area (TPSA) is 46.9 Å². The van der Waals surface area contributed by atoms with E-state index in [0.29, 0.717) is 5.92 Å². The van der Waals surface area contributed by atoms with Gasteiger partial charge in [-0.15, -0.1) is 0 Å². The number of aromatic nitrogens is 2. The predicted octanol–water partition coefficient (Wildman–Crippen LogP) is 2.95. The zero-order valence-electron chi connectivity index (χ0n) is 11.8. The van der Waals surface area contributed by atoms with E-state index in [1.54, 1.807) is 6.20 Å². The van der Waals surface area contributed by atoms with Gasteiger partial charge in [0, 0.05) is 18.0 Å². The van der Waals surface area contributed by atoms with Crippen LogP contribution in [0.4, 0.5) is 5.82 Å². The molecule has 2 atom stereocenters. The first-order valence-electron chi connectivity index (χ1n) is 7.09. The third kappa shape index (κ3) is 2.33. The predicted molar refractivity (Wildman–Crippen MR) is 78.6 cm³/mol. The molecule has 1 aromatic carbocycles. The van der Waals surface area contributed by atoms with Crippen molar-refractivity contribution in [2.24, 2.45) is 5.92 Å². The summed E-state index contributed by atoms with van der Waals surface area (Å²) in [6.45, 7) is 4.75. The number of carbonyl (C=O) groups is 1. The van der Waals surface area contributed by atoms with E-state index in [-0.39, 0.29) is 11.8 Å². The molecule has 104 valence electrons. The highest BCUT2D eigenvalue weighted by atomic mass is 16.2. The van der Waals surface area contributed by atoms with E-state index >= 15 is 0 Å². The molecule has 4 heteroatoms. The normalized spacial score (nSPS) is 20.7. The monoisotopic (exact) mass is 269 g/mol. The average Bonchev–Trinajstić information content (AvgIpc) is 3.21. The Morgan fingerprint density at radius 2 is 2.15 bits per heavy atom. The molecule has 1 aromatic heterocycles. The highest BCUT2D eigenvalue weighted by Gasteiger charge is 2.44. The molecule has 1 amide bonds. The van der Waals surface area contributed by atoms with Crippen LogP contribution in [0, 0.1) is 12.8 Å². The van der Waals surface area contributed by atoms with Gasteiger partial charge in [0.2, 0.25) is 5.91 Å². The van der Waals surface area contributed by atoms with Gasteiger partial charge in [-0.25, -0.2) is 4.68 Å². The lowest BCUT2D eigenvalue weighted by Crippen LogP contribution is -2.18. The van der Waals surface area contributed by atoms with Crippen molar-refractivity contribution < 1.29 is 4.79 Å². The SMILES string of the molecule is CCn1ncc(C)c1NC(=O)[C@@H]1C[C@H]1c1ccccc1. The third-order valence-corrected chi connectivity index (χ3v) is 3.92. The minimum Gasteiger partial charge on any atom is -0.310 e. The Morgan fingerprint density at radius 3 is 2.85 bits per heavy atom. The first-order valence-corrected chi connectivity index (χ1v) is 7.09. The van der Waals surface area contributed by atoms with Crippen molar-refractivity contribution in [3.63, 3.8) is 0 Å². The Labute approximate surface area is 118 Å². The van der Waals surface area contributed by atoms with Crippen LogP contribution in [-0.4, -0.2) is 15.7 Å². The Hall–Kier alpha value is -2.10. The fourth-order valence-corrected chi connectivity index (χ4v) is 2.64. The number of amides is 1. The van der Waals surface area contributed by atoms with Crippen molar-refractivity contribution in [3.05, 3.63) is 47.7 Å². The molecule has 1 aliphatic rings. The largest absolute Gasteiger partial charge is 0.310 e. The van der Waals surface area contributed by atoms with Crippen LogP contribution in [0.1, 0.15) is 30.4 Å². The molecule has 3 rings (SSSR count). The molecule has 1 saturated carbocycles. The Morgan fingerprint density at radius 1 is 1.40 bits per heavy atom. The minimum absolute atomic E-state index is 0.0945. The van der Waals surface area contributed by atoms with Gasteiger partial charge in [0.25, 0.3) is 0 Å². The zero-order valence-corrected chi connectivity index (χ0v) is 11.8. The van der Waals surface area contributed by atoms with E-state index in [2.05, 4.69) is 22.5 Å². The van der Waals surface area contributed by atoms with Crippen molar-refractivity contribution >= 4 is 11.7 Å². The second-order valence-electron chi connectivity index (χ2n) is 5.34. The molecule has 0 radical (unpaired) electrons. The summed E-state index contributed by atoms with van der Waals surface area (Å²) in [5, 5.41) is 7.28. The Balaban J connectivity index is 1.68. The first-order chi connectivity index (χ1) is 9.70. The smallest absolute Gasteiger partial charge is 0.229 e. The summed E-state index contributed by atoms with van der Waals surface area (Å²) in [7, 11) is 0. The standard InChI is InChI=1S/C16H19N3O/c1-3-19-15(11(2)10-17-19)18-16(20)14-9-13(14)12-7-5-4-6-8-12/h4-8,10,13-14H,3,9H2,1-2H3,(H,18,20)/t13-,14+/m0/s1. The zero-order chi connectivity index (χ0) is 14.1. The van der Waals surface area contributed by atoms with Crippen LogP contribution < -0.4 is 5.32 Å². The molecule has 4 nitrogen and oxygen atoms in total. The lowest BCUT2D eigenvalue weighted by atomic mass is 10.1. The van der Waals surface area contributed by atoms with Crippen LogP contribution in [0.3, 0.4) is 0 Å². The van der Waals surface area contributed by atoms with E-state index < -0.39 is 0 Å². The molecule has 0 bridgehead atoms. The van der Waals surface area contributed by atoms with E-state index in [1.807, 2.05) is 36.7 Å². The molecule has 0 unspecified atom stereocenters. The maximum Gasteiger partial charge on any atom is 0.229 e. The summed E-state index contributed by atoms with van der Waals surface area (Å²) < 4.78 is 1.83. The number of anilines is 1. The molecular weight excluding hydrogens is 250 g/mol. The number of benzene rings is 1. The molecule has 0 aliphatic heterocycles. The number of nitrogens with one attached hydrogen (secondary N) is 1. The van der Waals surface area contributed by atoms with Gasteiger partial charge in [0.15, 0.2) is 0 Å². The summed E-state index contributed by atoms with van der Waals surface area (Å²) >= 11 is 0. The molecule has 1 heterocycles. The fraction of sp³-hybridized carbons (Fsp3) is 0.375. The number of carbonyl (C=O) groups excluding carboxylic acids is 1. The Bertz CT molecular complexity index is 618. The van der Waals surface area contributed by atoms with Crippen molar-refractivity contribution in [3.8, 4) is 0 Å². The second kappa shape index (κ2) is 5.12. The number of aryl methyl sites for hydroxylation is 2. The van der Waals surface area contributed by atoms with Crippen LogP contribution in [0.2, 0.25) is 0 Å². The maximum atomic E-state index is 12.3. The van der Waals surface area contributed by atoms with Crippen LogP contribution in [-0.2, 0) is 11.3 Å². The minimum atomic E-state index is 0.0945. The second-order valence-corrected chi connectivity index (χ2v) is 5.34. The molecule has 1 aliphatic carbocycles. The lowest BCUT2D eigenvalue weighted by Gasteiger charge is -2.08. The van der Waals surface area contributed by atoms with Gasteiger partial charge in [-0.3, -0.25) is 4.79 Å². The summed E-state index contributed by atoms with van der Waals surface area (Å²) in [6, 6.07) is 10.3. The lowest BCUT2D eigenvalue weighted by molar-refractivity contribution is -0.117. The van der Waals surface area contributed by atoms with Crippen molar-refractivity contribution in [1.29, 1.82) is 0 Å². The number of nitrogens with zero attached hydrogens (tertiary/aromatic N) is 2. The molecule has 1 N–H and O–H groups in total. The van der Waals surface area contributed by atoms with E-state index in [4.69, 9.17) is 0 Å². The van der Waals surface area contributed by atoms with Gasteiger partial charge in [-0.1, -0.05) is 30.3 Å². The van der Waals surface area contributed by atoms with E-state index in [1.165, 1.54) is 5.56 Å². The van der Waals surface area contributed by atoms with Gasteiger partial charge >= 0.3 is 0 Å². The van der Waals surface area contributed by atoms with E-state index in [0.717, 1.165) is 24.3 Å². The highest BCUT2D eigenvalue weighted by Crippen LogP contribution is 2.47. The number of hydrogen-bond donors (Lipinski definition) is 1. The quantitative estimate of drug-likeness (QED) is 0.927. The molecule has 0 saturated heterocycles. The van der Waals surface area contributed by atoms with Gasteiger partial charge in [-0.2, -0.15) is 5.10 Å². The van der Waals surface area contributed by atoms with Crippen molar-refractivity contribution in [1.82, 2.24) is 9.78 Å². The molecule has 20 heavy (non-hydrogen) atoms. The van der Waals surface area contributed by atoms with Gasteiger partial charge in [-0.05, 0) is 31.7 Å². The molecule has 2 aromatic rings. The third-order valence-electron chi connectivity index (χ3n) is 3.92. The number of hydrogen-bond acceptors (Lipinski definition) is 2. The summed E-state index contributed by atoms with van der Waals surface area (Å²) in [4.78, 5) is 12.3. The summed E-state index contributed by atoms with van der Waals surface area (Å²) in [6.07, 6.45) is 2.73. The molecule has 1 fully saturated rings. The van der Waals surface area contributed by atoms with E-state index in [9.17, 15) is 4.79 Å². The highest BCUT2D eigenvalue weighted by molar-refractivity contribution is 5.95. The summed E-state index contributed by atoms with van der Waals surface area (Å²) in [5.74, 6) is 1.40.